The summed E-state index contributed by atoms with van der Waals surface area (Å²) in [4.78, 5) is 11.9. The van der Waals surface area contributed by atoms with Gasteiger partial charge in [0.2, 0.25) is 0 Å². The van der Waals surface area contributed by atoms with E-state index < -0.39 is 0 Å². The molecule has 0 bridgehead atoms. The molecule has 2 aromatic rings. The van der Waals surface area contributed by atoms with E-state index >= 15 is 0 Å². The number of halogens is 1. The van der Waals surface area contributed by atoms with Crippen molar-refractivity contribution >= 4 is 23.1 Å². The first-order valence-electron chi connectivity index (χ1n) is 4.67. The van der Waals surface area contributed by atoms with Gasteiger partial charge in [-0.2, -0.15) is 0 Å². The van der Waals surface area contributed by atoms with E-state index in [-0.39, 0.29) is 5.15 Å². The molecule has 0 atom stereocenters. The van der Waals surface area contributed by atoms with E-state index in [4.69, 9.17) is 17.3 Å². The SMILES string of the molecule is Nc1c(Cl)ncnc1NCc1ccccn1. The number of pyridine rings is 1. The molecule has 2 rings (SSSR count). The first-order chi connectivity index (χ1) is 7.77. The fraction of sp³-hybridized carbons (Fsp3) is 0.100. The molecule has 0 aliphatic rings. The molecule has 2 aromatic heterocycles. The molecule has 5 nitrogen and oxygen atoms in total. The van der Waals surface area contributed by atoms with Crippen LogP contribution in [0.3, 0.4) is 0 Å². The van der Waals surface area contributed by atoms with Crippen molar-refractivity contribution in [3.05, 3.63) is 41.6 Å². The third kappa shape index (κ3) is 2.38. The fourth-order valence-corrected chi connectivity index (χ4v) is 1.33. The highest BCUT2D eigenvalue weighted by molar-refractivity contribution is 6.32. The number of nitrogens with zero attached hydrogens (tertiary/aromatic N) is 3. The number of nitrogens with two attached hydrogens (primary N) is 1. The van der Waals surface area contributed by atoms with Crippen LogP contribution in [0.4, 0.5) is 11.5 Å². The van der Waals surface area contributed by atoms with Crippen LogP contribution in [0.25, 0.3) is 0 Å². The maximum Gasteiger partial charge on any atom is 0.157 e. The summed E-state index contributed by atoms with van der Waals surface area (Å²) in [7, 11) is 0. The first kappa shape index (κ1) is 10.6. The van der Waals surface area contributed by atoms with Gasteiger partial charge in [0.25, 0.3) is 0 Å². The minimum absolute atomic E-state index is 0.249. The highest BCUT2D eigenvalue weighted by Crippen LogP contribution is 2.21. The Bertz CT molecular complexity index is 474. The van der Waals surface area contributed by atoms with Gasteiger partial charge in [0.1, 0.15) is 12.0 Å². The van der Waals surface area contributed by atoms with Gasteiger partial charge in [-0.3, -0.25) is 4.98 Å². The highest BCUT2D eigenvalue weighted by Gasteiger charge is 2.05. The van der Waals surface area contributed by atoms with E-state index in [2.05, 4.69) is 20.3 Å². The predicted molar refractivity (Wildman–Crippen MR) is 63.0 cm³/mol. The number of hydrogen-bond acceptors (Lipinski definition) is 5. The second-order valence-electron chi connectivity index (χ2n) is 3.10. The Kier molecular flexibility index (Phi) is 3.16. The molecule has 0 unspecified atom stereocenters. The lowest BCUT2D eigenvalue weighted by Gasteiger charge is -2.07. The maximum absolute atomic E-state index is 5.76. The summed E-state index contributed by atoms with van der Waals surface area (Å²) in [6.07, 6.45) is 3.09. The Morgan fingerprint density at radius 3 is 2.88 bits per heavy atom. The molecular formula is C10H10ClN5. The van der Waals surface area contributed by atoms with E-state index in [1.165, 1.54) is 6.33 Å². The van der Waals surface area contributed by atoms with Crippen LogP contribution in [0.15, 0.2) is 30.7 Å². The second-order valence-corrected chi connectivity index (χ2v) is 3.46. The van der Waals surface area contributed by atoms with Gasteiger partial charge < -0.3 is 11.1 Å². The van der Waals surface area contributed by atoms with Crippen LogP contribution in [-0.2, 0) is 6.54 Å². The standard InChI is InChI=1S/C10H10ClN5/c11-9-8(12)10(16-6-15-9)14-5-7-3-1-2-4-13-7/h1-4,6H,5,12H2,(H,14,15,16). The van der Waals surface area contributed by atoms with Crippen LogP contribution in [0.1, 0.15) is 5.69 Å². The van der Waals surface area contributed by atoms with Gasteiger partial charge in [0.15, 0.2) is 11.0 Å². The molecule has 0 aromatic carbocycles. The van der Waals surface area contributed by atoms with Crippen molar-refractivity contribution in [3.63, 3.8) is 0 Å². The largest absolute Gasteiger partial charge is 0.393 e. The Hall–Kier alpha value is -1.88. The molecule has 0 aliphatic heterocycles. The van der Waals surface area contributed by atoms with E-state index in [1.807, 2.05) is 18.2 Å². The quantitative estimate of drug-likeness (QED) is 0.793. The normalized spacial score (nSPS) is 10.1. The summed E-state index contributed by atoms with van der Waals surface area (Å²) >= 11 is 5.76. The smallest absolute Gasteiger partial charge is 0.157 e. The summed E-state index contributed by atoms with van der Waals surface area (Å²) in [6.45, 7) is 0.540. The summed E-state index contributed by atoms with van der Waals surface area (Å²) in [5.41, 5.74) is 6.95. The van der Waals surface area contributed by atoms with Crippen molar-refractivity contribution in [2.75, 3.05) is 11.1 Å². The third-order valence-corrected chi connectivity index (χ3v) is 2.30. The Balaban J connectivity index is 2.08. The zero-order valence-electron chi connectivity index (χ0n) is 8.39. The zero-order valence-corrected chi connectivity index (χ0v) is 9.15. The average Bonchev–Trinajstić information content (AvgIpc) is 2.32. The van der Waals surface area contributed by atoms with Crippen molar-refractivity contribution in [3.8, 4) is 0 Å². The Labute approximate surface area is 97.7 Å². The Morgan fingerprint density at radius 2 is 2.12 bits per heavy atom. The predicted octanol–water partition coefficient (Wildman–Crippen LogP) is 1.72. The van der Waals surface area contributed by atoms with Gasteiger partial charge in [-0.25, -0.2) is 9.97 Å². The van der Waals surface area contributed by atoms with Crippen molar-refractivity contribution in [2.24, 2.45) is 0 Å². The molecule has 0 spiro atoms. The lowest BCUT2D eigenvalue weighted by molar-refractivity contribution is 1.02. The molecule has 82 valence electrons. The molecule has 0 aliphatic carbocycles. The van der Waals surface area contributed by atoms with Gasteiger partial charge in [0.05, 0.1) is 12.2 Å². The summed E-state index contributed by atoms with van der Waals surface area (Å²) < 4.78 is 0. The molecule has 16 heavy (non-hydrogen) atoms. The topological polar surface area (TPSA) is 76.7 Å². The molecule has 0 radical (unpaired) electrons. The van der Waals surface area contributed by atoms with Gasteiger partial charge >= 0.3 is 0 Å². The van der Waals surface area contributed by atoms with Crippen molar-refractivity contribution in [1.82, 2.24) is 15.0 Å². The molecule has 2 heterocycles. The van der Waals surface area contributed by atoms with E-state index in [1.54, 1.807) is 6.20 Å². The number of hydrogen-bond donors (Lipinski definition) is 2. The highest BCUT2D eigenvalue weighted by atomic mass is 35.5. The van der Waals surface area contributed by atoms with Gasteiger partial charge in [-0.1, -0.05) is 17.7 Å². The number of aromatic nitrogens is 3. The van der Waals surface area contributed by atoms with E-state index in [9.17, 15) is 0 Å². The minimum atomic E-state index is 0.249. The van der Waals surface area contributed by atoms with E-state index in [0.717, 1.165) is 5.69 Å². The molecule has 0 fully saturated rings. The zero-order chi connectivity index (χ0) is 11.4. The average molecular weight is 236 g/mol. The summed E-state index contributed by atoms with van der Waals surface area (Å²) in [6, 6.07) is 5.69. The van der Waals surface area contributed by atoms with Crippen molar-refractivity contribution < 1.29 is 0 Å². The molecule has 6 heteroatoms. The van der Waals surface area contributed by atoms with Crippen LogP contribution < -0.4 is 11.1 Å². The number of nitrogen functional groups attached to an aromatic ring is 1. The second kappa shape index (κ2) is 4.76. The van der Waals surface area contributed by atoms with Gasteiger partial charge in [-0.15, -0.1) is 0 Å². The minimum Gasteiger partial charge on any atom is -0.393 e. The number of rotatable bonds is 3. The van der Waals surface area contributed by atoms with Crippen LogP contribution in [-0.4, -0.2) is 15.0 Å². The molecule has 0 amide bonds. The first-order valence-corrected chi connectivity index (χ1v) is 5.05. The lowest BCUT2D eigenvalue weighted by atomic mass is 10.3. The molecular weight excluding hydrogens is 226 g/mol. The number of nitrogens with one attached hydrogen (secondary N) is 1. The monoisotopic (exact) mass is 235 g/mol. The number of anilines is 2. The Morgan fingerprint density at radius 1 is 1.25 bits per heavy atom. The van der Waals surface area contributed by atoms with Crippen LogP contribution >= 0.6 is 11.6 Å². The van der Waals surface area contributed by atoms with Crippen LogP contribution in [0.5, 0.6) is 0 Å². The lowest BCUT2D eigenvalue weighted by Crippen LogP contribution is -2.06. The third-order valence-electron chi connectivity index (χ3n) is 2.00. The van der Waals surface area contributed by atoms with Crippen LogP contribution in [0, 0.1) is 0 Å². The summed E-state index contributed by atoms with van der Waals surface area (Å²) in [5, 5.41) is 3.30. The van der Waals surface area contributed by atoms with Crippen molar-refractivity contribution in [1.29, 1.82) is 0 Å². The summed E-state index contributed by atoms with van der Waals surface area (Å²) in [5.74, 6) is 0.519. The van der Waals surface area contributed by atoms with Crippen LogP contribution in [0.2, 0.25) is 5.15 Å². The van der Waals surface area contributed by atoms with Gasteiger partial charge in [-0.05, 0) is 12.1 Å². The van der Waals surface area contributed by atoms with Gasteiger partial charge in [0, 0.05) is 6.20 Å². The molecule has 0 saturated heterocycles. The van der Waals surface area contributed by atoms with Crippen molar-refractivity contribution in [2.45, 2.75) is 6.54 Å². The molecule has 0 saturated carbocycles. The fourth-order valence-electron chi connectivity index (χ4n) is 1.19. The van der Waals surface area contributed by atoms with E-state index in [0.29, 0.717) is 18.1 Å². The maximum atomic E-state index is 5.76. The molecule has 3 N–H and O–H groups in total.